The molecule has 2 heterocycles. The fourth-order valence-electron chi connectivity index (χ4n) is 3.14. The van der Waals surface area contributed by atoms with Gasteiger partial charge in [-0.15, -0.1) is 0 Å². The van der Waals surface area contributed by atoms with Crippen molar-refractivity contribution in [1.29, 1.82) is 0 Å². The van der Waals surface area contributed by atoms with Gasteiger partial charge in [-0.05, 0) is 18.6 Å². The van der Waals surface area contributed by atoms with Crippen LogP contribution in [-0.4, -0.2) is 46.7 Å². The molecule has 0 saturated carbocycles. The minimum absolute atomic E-state index is 0.00132. The third-order valence-corrected chi connectivity index (χ3v) is 4.36. The highest BCUT2D eigenvalue weighted by molar-refractivity contribution is 5.79. The van der Waals surface area contributed by atoms with Crippen molar-refractivity contribution in [3.63, 3.8) is 0 Å². The average molecular weight is 326 g/mol. The zero-order valence-corrected chi connectivity index (χ0v) is 13.7. The van der Waals surface area contributed by atoms with E-state index < -0.39 is 0 Å². The van der Waals surface area contributed by atoms with Crippen LogP contribution in [0.4, 0.5) is 5.82 Å². The molecule has 126 valence electrons. The van der Waals surface area contributed by atoms with Gasteiger partial charge in [-0.3, -0.25) is 4.79 Å². The molecule has 0 aliphatic carbocycles. The monoisotopic (exact) mass is 326 g/mol. The van der Waals surface area contributed by atoms with E-state index in [0.717, 1.165) is 16.9 Å². The van der Waals surface area contributed by atoms with Crippen LogP contribution in [0.15, 0.2) is 42.9 Å². The molecule has 1 aromatic heterocycles. The number of anilines is 1. The van der Waals surface area contributed by atoms with Crippen LogP contribution in [-0.2, 0) is 11.2 Å². The van der Waals surface area contributed by atoms with Gasteiger partial charge < -0.3 is 15.3 Å². The second-order valence-electron chi connectivity index (χ2n) is 6.26. The Kier molecular flexibility index (Phi) is 5.05. The molecule has 3 rings (SSSR count). The lowest BCUT2D eigenvalue weighted by atomic mass is 10.0. The van der Waals surface area contributed by atoms with Gasteiger partial charge in [0.25, 0.3) is 0 Å². The van der Waals surface area contributed by atoms with E-state index in [4.69, 9.17) is 0 Å². The Labute approximate surface area is 141 Å². The van der Waals surface area contributed by atoms with E-state index in [9.17, 15) is 9.90 Å². The third-order valence-electron chi connectivity index (χ3n) is 4.36. The molecular weight excluding hydrogens is 304 g/mol. The van der Waals surface area contributed by atoms with Crippen LogP contribution in [0.5, 0.6) is 0 Å². The number of carbonyl (C=O) groups excluding carboxylic acids is 1. The van der Waals surface area contributed by atoms with E-state index in [-0.39, 0.29) is 24.5 Å². The van der Waals surface area contributed by atoms with Crippen LogP contribution in [0.1, 0.15) is 11.1 Å². The predicted octanol–water partition coefficient (Wildman–Crippen LogP) is 0.941. The van der Waals surface area contributed by atoms with E-state index >= 15 is 0 Å². The minimum Gasteiger partial charge on any atom is -0.396 e. The highest BCUT2D eigenvalue weighted by Crippen LogP contribution is 2.22. The maximum absolute atomic E-state index is 12.3. The number of aliphatic hydroxyl groups is 1. The first-order valence-corrected chi connectivity index (χ1v) is 8.12. The highest BCUT2D eigenvalue weighted by Gasteiger charge is 2.33. The van der Waals surface area contributed by atoms with Crippen molar-refractivity contribution in [2.75, 3.05) is 24.6 Å². The average Bonchev–Trinajstić information content (AvgIpc) is 2.98. The number of aromatic nitrogens is 2. The lowest BCUT2D eigenvalue weighted by Gasteiger charge is -2.18. The maximum atomic E-state index is 12.3. The molecule has 0 unspecified atom stereocenters. The van der Waals surface area contributed by atoms with Crippen molar-refractivity contribution in [3.8, 4) is 0 Å². The van der Waals surface area contributed by atoms with E-state index in [1.165, 1.54) is 6.33 Å². The molecule has 24 heavy (non-hydrogen) atoms. The number of hydrogen-bond donors (Lipinski definition) is 2. The fourth-order valence-corrected chi connectivity index (χ4v) is 3.14. The Balaban J connectivity index is 1.62. The third kappa shape index (κ3) is 3.89. The van der Waals surface area contributed by atoms with Crippen molar-refractivity contribution in [2.24, 2.45) is 5.92 Å². The van der Waals surface area contributed by atoms with Crippen LogP contribution < -0.4 is 10.2 Å². The number of aryl methyl sites for hydroxylation is 1. The van der Waals surface area contributed by atoms with Gasteiger partial charge in [-0.1, -0.05) is 29.8 Å². The molecule has 0 bridgehead atoms. The summed E-state index contributed by atoms with van der Waals surface area (Å²) in [5.74, 6) is 0.800. The summed E-state index contributed by atoms with van der Waals surface area (Å²) >= 11 is 0. The number of benzene rings is 1. The SMILES string of the molecule is Cc1cccc(CC(=O)N[C@@H]2CN(c3ccncn3)C[C@H]2CO)c1. The first kappa shape index (κ1) is 16.4. The summed E-state index contributed by atoms with van der Waals surface area (Å²) in [6.07, 6.45) is 3.55. The molecule has 2 atom stereocenters. The van der Waals surface area contributed by atoms with Crippen molar-refractivity contribution in [1.82, 2.24) is 15.3 Å². The van der Waals surface area contributed by atoms with Gasteiger partial charge >= 0.3 is 0 Å². The van der Waals surface area contributed by atoms with Crippen molar-refractivity contribution < 1.29 is 9.90 Å². The summed E-state index contributed by atoms with van der Waals surface area (Å²) < 4.78 is 0. The first-order chi connectivity index (χ1) is 11.7. The van der Waals surface area contributed by atoms with Gasteiger partial charge in [-0.25, -0.2) is 9.97 Å². The van der Waals surface area contributed by atoms with E-state index in [1.54, 1.807) is 6.20 Å². The molecule has 6 heteroatoms. The summed E-state index contributed by atoms with van der Waals surface area (Å²) in [6, 6.07) is 9.71. The smallest absolute Gasteiger partial charge is 0.224 e. The van der Waals surface area contributed by atoms with Gasteiger partial charge in [0.05, 0.1) is 12.5 Å². The van der Waals surface area contributed by atoms with E-state index in [0.29, 0.717) is 19.5 Å². The molecule has 0 radical (unpaired) electrons. The lowest BCUT2D eigenvalue weighted by Crippen LogP contribution is -2.42. The zero-order chi connectivity index (χ0) is 16.9. The molecule has 1 fully saturated rings. The lowest BCUT2D eigenvalue weighted by molar-refractivity contribution is -0.121. The molecule has 1 amide bonds. The van der Waals surface area contributed by atoms with Gasteiger partial charge in [0.2, 0.25) is 5.91 Å². The molecule has 1 aromatic carbocycles. The molecule has 6 nitrogen and oxygen atoms in total. The molecule has 2 aromatic rings. The summed E-state index contributed by atoms with van der Waals surface area (Å²) in [5.41, 5.74) is 2.14. The highest BCUT2D eigenvalue weighted by atomic mass is 16.3. The number of aliphatic hydroxyl groups excluding tert-OH is 1. The molecule has 2 N–H and O–H groups in total. The number of hydrogen-bond acceptors (Lipinski definition) is 5. The summed E-state index contributed by atoms with van der Waals surface area (Å²) in [4.78, 5) is 22.6. The van der Waals surface area contributed by atoms with Crippen molar-refractivity contribution in [2.45, 2.75) is 19.4 Å². The van der Waals surface area contributed by atoms with E-state index in [1.807, 2.05) is 37.3 Å². The Morgan fingerprint density at radius 2 is 2.25 bits per heavy atom. The van der Waals surface area contributed by atoms with Crippen molar-refractivity contribution >= 4 is 11.7 Å². The number of nitrogens with zero attached hydrogens (tertiary/aromatic N) is 3. The van der Waals surface area contributed by atoms with Gasteiger partial charge in [0.15, 0.2) is 0 Å². The number of amides is 1. The maximum Gasteiger partial charge on any atom is 0.224 e. The molecular formula is C18H22N4O2. The van der Waals surface area contributed by atoms with E-state index in [2.05, 4.69) is 20.2 Å². The minimum atomic E-state index is -0.0812. The Morgan fingerprint density at radius 1 is 1.38 bits per heavy atom. The molecule has 1 aliphatic heterocycles. The van der Waals surface area contributed by atoms with Gasteiger partial charge in [0.1, 0.15) is 12.1 Å². The first-order valence-electron chi connectivity index (χ1n) is 8.12. The number of carbonyl (C=O) groups is 1. The molecule has 1 aliphatic rings. The quantitative estimate of drug-likeness (QED) is 0.855. The Bertz CT molecular complexity index is 692. The topological polar surface area (TPSA) is 78.4 Å². The Hall–Kier alpha value is -2.47. The normalized spacial score (nSPS) is 20.2. The number of rotatable bonds is 5. The van der Waals surface area contributed by atoms with Crippen molar-refractivity contribution in [3.05, 3.63) is 54.0 Å². The Morgan fingerprint density at radius 3 is 2.96 bits per heavy atom. The van der Waals surface area contributed by atoms with Gasteiger partial charge in [0, 0.05) is 31.8 Å². The number of nitrogens with one attached hydrogen (secondary N) is 1. The van der Waals surface area contributed by atoms with Crippen LogP contribution >= 0.6 is 0 Å². The second kappa shape index (κ2) is 7.40. The van der Waals surface area contributed by atoms with Crippen LogP contribution in [0.25, 0.3) is 0 Å². The summed E-state index contributed by atoms with van der Waals surface area (Å²) in [5, 5.41) is 12.7. The fraction of sp³-hybridized carbons (Fsp3) is 0.389. The van der Waals surface area contributed by atoms with Crippen LogP contribution in [0, 0.1) is 12.8 Å². The zero-order valence-electron chi connectivity index (χ0n) is 13.7. The largest absolute Gasteiger partial charge is 0.396 e. The molecule has 1 saturated heterocycles. The second-order valence-corrected chi connectivity index (χ2v) is 6.26. The van der Waals surface area contributed by atoms with Crippen LogP contribution in [0.3, 0.4) is 0 Å². The summed E-state index contributed by atoms with van der Waals surface area (Å²) in [7, 11) is 0. The standard InChI is InChI=1S/C18H22N4O2/c1-13-3-2-4-14(7-13)8-18(24)21-16-10-22(9-15(16)11-23)17-5-6-19-12-20-17/h2-7,12,15-16,23H,8-11H2,1H3,(H,21,24)/t15-,16+/m0/s1. The predicted molar refractivity (Wildman–Crippen MR) is 91.6 cm³/mol. The van der Waals surface area contributed by atoms with Crippen LogP contribution in [0.2, 0.25) is 0 Å². The summed E-state index contributed by atoms with van der Waals surface area (Å²) in [6.45, 7) is 3.36. The van der Waals surface area contributed by atoms with Gasteiger partial charge in [-0.2, -0.15) is 0 Å². The molecule has 0 spiro atoms.